The lowest BCUT2D eigenvalue weighted by molar-refractivity contribution is 0.234. The molecule has 1 aromatic heterocycles. The number of hydrogen-bond acceptors (Lipinski definition) is 5. The summed E-state index contributed by atoms with van der Waals surface area (Å²) in [5.41, 5.74) is 1.85. The second kappa shape index (κ2) is 5.79. The molecule has 0 fully saturated rings. The SMILES string of the molecule is Cc1ccc(S(=O)(=O)OC(C)c2nc3ccccc3s2)cc1. The summed E-state index contributed by atoms with van der Waals surface area (Å²) in [7, 11) is -3.80. The number of nitrogens with zero attached hydrogens (tertiary/aromatic N) is 1. The van der Waals surface area contributed by atoms with Crippen LogP contribution >= 0.6 is 11.3 Å². The Bertz CT molecular complexity index is 866. The van der Waals surface area contributed by atoms with E-state index < -0.39 is 16.2 Å². The molecule has 0 radical (unpaired) electrons. The molecular weight excluding hydrogens is 318 g/mol. The predicted octanol–water partition coefficient (Wildman–Crippen LogP) is 4.07. The van der Waals surface area contributed by atoms with E-state index in [4.69, 9.17) is 4.18 Å². The van der Waals surface area contributed by atoms with Gasteiger partial charge in [0.2, 0.25) is 0 Å². The third-order valence-corrected chi connectivity index (χ3v) is 5.83. The summed E-state index contributed by atoms with van der Waals surface area (Å²) in [6.45, 7) is 3.60. The summed E-state index contributed by atoms with van der Waals surface area (Å²) in [5, 5.41) is 0.650. The first-order valence-electron chi connectivity index (χ1n) is 6.81. The van der Waals surface area contributed by atoms with Crippen molar-refractivity contribution in [3.8, 4) is 0 Å². The van der Waals surface area contributed by atoms with Gasteiger partial charge in [-0.1, -0.05) is 29.8 Å². The van der Waals surface area contributed by atoms with Gasteiger partial charge in [0.15, 0.2) is 0 Å². The molecule has 1 heterocycles. The Morgan fingerprint density at radius 1 is 1.09 bits per heavy atom. The molecule has 0 amide bonds. The number of fused-ring (bicyclic) bond motifs is 1. The van der Waals surface area contributed by atoms with E-state index in [2.05, 4.69) is 4.98 Å². The summed E-state index contributed by atoms with van der Waals surface area (Å²) in [5.74, 6) is 0. The van der Waals surface area contributed by atoms with Crippen molar-refractivity contribution in [3.63, 3.8) is 0 Å². The zero-order valence-corrected chi connectivity index (χ0v) is 13.8. The van der Waals surface area contributed by atoms with Crippen LogP contribution in [0.15, 0.2) is 53.4 Å². The van der Waals surface area contributed by atoms with Gasteiger partial charge in [-0.05, 0) is 38.1 Å². The van der Waals surface area contributed by atoms with Crippen LogP contribution in [0.1, 0.15) is 23.6 Å². The van der Waals surface area contributed by atoms with Gasteiger partial charge >= 0.3 is 0 Å². The van der Waals surface area contributed by atoms with Gasteiger partial charge in [-0.25, -0.2) is 4.98 Å². The molecule has 0 bridgehead atoms. The van der Waals surface area contributed by atoms with Crippen LogP contribution in [-0.2, 0) is 14.3 Å². The van der Waals surface area contributed by atoms with Crippen LogP contribution in [0.5, 0.6) is 0 Å². The topological polar surface area (TPSA) is 56.3 Å². The highest BCUT2D eigenvalue weighted by atomic mass is 32.2. The molecular formula is C16H15NO3S2. The first-order valence-corrected chi connectivity index (χ1v) is 9.03. The third kappa shape index (κ3) is 3.04. The van der Waals surface area contributed by atoms with Crippen LogP contribution in [0.25, 0.3) is 10.2 Å². The quantitative estimate of drug-likeness (QED) is 0.675. The van der Waals surface area contributed by atoms with Gasteiger partial charge in [-0.15, -0.1) is 11.3 Å². The lowest BCUT2D eigenvalue weighted by Crippen LogP contribution is -2.10. The number of thiazole rings is 1. The molecule has 6 heteroatoms. The Balaban J connectivity index is 1.86. The molecule has 114 valence electrons. The number of aromatic nitrogens is 1. The standard InChI is InChI=1S/C16H15NO3S2/c1-11-7-9-13(10-8-11)22(18,19)20-12(2)16-17-14-5-3-4-6-15(14)21-16/h3-10,12H,1-2H3. The Morgan fingerprint density at radius 3 is 2.45 bits per heavy atom. The number of para-hydroxylation sites is 1. The van der Waals surface area contributed by atoms with Crippen molar-refractivity contribution in [1.82, 2.24) is 4.98 Å². The molecule has 0 spiro atoms. The number of rotatable bonds is 4. The number of hydrogen-bond donors (Lipinski definition) is 0. The van der Waals surface area contributed by atoms with Crippen molar-refractivity contribution in [2.45, 2.75) is 24.8 Å². The van der Waals surface area contributed by atoms with E-state index in [9.17, 15) is 8.42 Å². The molecule has 0 aliphatic rings. The van der Waals surface area contributed by atoms with Crippen LogP contribution in [0, 0.1) is 6.92 Å². The fourth-order valence-corrected chi connectivity index (χ4v) is 4.12. The maximum atomic E-state index is 12.3. The van der Waals surface area contributed by atoms with Crippen LogP contribution < -0.4 is 0 Å². The average Bonchev–Trinajstić information content (AvgIpc) is 2.91. The van der Waals surface area contributed by atoms with Crippen molar-refractivity contribution >= 4 is 31.7 Å². The Hall–Kier alpha value is -1.76. The average molecular weight is 333 g/mol. The minimum atomic E-state index is -3.80. The Morgan fingerprint density at radius 2 is 1.77 bits per heavy atom. The number of benzene rings is 2. The molecule has 4 nitrogen and oxygen atoms in total. The van der Waals surface area contributed by atoms with E-state index in [0.29, 0.717) is 5.01 Å². The molecule has 3 rings (SSSR count). The first kappa shape index (κ1) is 15.1. The predicted molar refractivity (Wildman–Crippen MR) is 87.5 cm³/mol. The van der Waals surface area contributed by atoms with Gasteiger partial charge in [-0.2, -0.15) is 8.42 Å². The highest BCUT2D eigenvalue weighted by Gasteiger charge is 2.22. The fourth-order valence-electron chi connectivity index (χ4n) is 2.06. The van der Waals surface area contributed by atoms with Crippen LogP contribution in [0.4, 0.5) is 0 Å². The van der Waals surface area contributed by atoms with Crippen molar-refractivity contribution < 1.29 is 12.6 Å². The highest BCUT2D eigenvalue weighted by Crippen LogP contribution is 2.30. The molecule has 1 atom stereocenters. The molecule has 0 N–H and O–H groups in total. The van der Waals surface area contributed by atoms with Crippen LogP contribution in [0.2, 0.25) is 0 Å². The molecule has 0 saturated heterocycles. The Kier molecular flexibility index (Phi) is 3.99. The summed E-state index contributed by atoms with van der Waals surface area (Å²) in [4.78, 5) is 4.59. The van der Waals surface area contributed by atoms with Gasteiger partial charge in [0, 0.05) is 0 Å². The van der Waals surface area contributed by atoms with Crippen LogP contribution in [-0.4, -0.2) is 13.4 Å². The van der Waals surface area contributed by atoms with Crippen LogP contribution in [0.3, 0.4) is 0 Å². The van der Waals surface area contributed by atoms with Crippen molar-refractivity contribution in [1.29, 1.82) is 0 Å². The molecule has 2 aromatic carbocycles. The summed E-state index contributed by atoms with van der Waals surface area (Å²) in [6, 6.07) is 14.3. The first-order chi connectivity index (χ1) is 10.5. The monoisotopic (exact) mass is 333 g/mol. The second-order valence-electron chi connectivity index (χ2n) is 5.03. The smallest absolute Gasteiger partial charge is 0.256 e. The maximum Gasteiger partial charge on any atom is 0.297 e. The summed E-state index contributed by atoms with van der Waals surface area (Å²) >= 11 is 1.44. The Labute approximate surface area is 133 Å². The van der Waals surface area contributed by atoms with Gasteiger partial charge in [0.1, 0.15) is 11.1 Å². The van der Waals surface area contributed by atoms with E-state index in [1.165, 1.54) is 11.3 Å². The summed E-state index contributed by atoms with van der Waals surface area (Å²) < 4.78 is 30.9. The largest absolute Gasteiger partial charge is 0.297 e. The van der Waals surface area contributed by atoms with Gasteiger partial charge in [-0.3, -0.25) is 4.18 Å². The second-order valence-corrected chi connectivity index (χ2v) is 7.66. The van der Waals surface area contributed by atoms with E-state index >= 15 is 0 Å². The van der Waals surface area contributed by atoms with Crippen molar-refractivity contribution in [3.05, 3.63) is 59.1 Å². The molecule has 0 saturated carbocycles. The van der Waals surface area contributed by atoms with Crippen molar-refractivity contribution in [2.24, 2.45) is 0 Å². The molecule has 0 aliphatic heterocycles. The zero-order chi connectivity index (χ0) is 15.7. The van der Waals surface area contributed by atoms with Crippen molar-refractivity contribution in [2.75, 3.05) is 0 Å². The molecule has 1 unspecified atom stereocenters. The molecule has 0 aliphatic carbocycles. The lowest BCUT2D eigenvalue weighted by Gasteiger charge is -2.10. The maximum absolute atomic E-state index is 12.3. The van der Waals surface area contributed by atoms with E-state index in [0.717, 1.165) is 15.8 Å². The minimum Gasteiger partial charge on any atom is -0.256 e. The normalized spacial score (nSPS) is 13.4. The van der Waals surface area contributed by atoms with E-state index in [1.54, 1.807) is 31.2 Å². The van der Waals surface area contributed by atoms with Gasteiger partial charge in [0.25, 0.3) is 10.1 Å². The lowest BCUT2D eigenvalue weighted by atomic mass is 10.2. The van der Waals surface area contributed by atoms with E-state index in [1.807, 2.05) is 31.2 Å². The molecule has 22 heavy (non-hydrogen) atoms. The summed E-state index contributed by atoms with van der Waals surface area (Å²) in [6.07, 6.45) is -0.622. The van der Waals surface area contributed by atoms with Gasteiger partial charge < -0.3 is 0 Å². The third-order valence-electron chi connectivity index (χ3n) is 3.24. The number of aryl methyl sites for hydroxylation is 1. The zero-order valence-electron chi connectivity index (χ0n) is 12.2. The fraction of sp³-hybridized carbons (Fsp3) is 0.188. The highest BCUT2D eigenvalue weighted by molar-refractivity contribution is 7.86. The molecule has 3 aromatic rings. The minimum absolute atomic E-state index is 0.158. The van der Waals surface area contributed by atoms with E-state index in [-0.39, 0.29) is 4.90 Å². The van der Waals surface area contributed by atoms with Gasteiger partial charge in [0.05, 0.1) is 15.1 Å².